The summed E-state index contributed by atoms with van der Waals surface area (Å²) in [5, 5.41) is 1.23. The Morgan fingerprint density at radius 2 is 2.29 bits per heavy atom. The number of H-pyrrole nitrogens is 1. The molecule has 2 aromatic rings. The number of benzene rings is 1. The van der Waals surface area contributed by atoms with E-state index in [0.717, 1.165) is 15.7 Å². The van der Waals surface area contributed by atoms with Crippen LogP contribution in [0.2, 0.25) is 0 Å². The Balaban J connectivity index is 2.55. The molecule has 0 fully saturated rings. The van der Waals surface area contributed by atoms with Gasteiger partial charge in [0.2, 0.25) is 0 Å². The first kappa shape index (κ1) is 9.87. The minimum Gasteiger partial charge on any atom is -0.361 e. The number of aromatic amines is 1. The molecule has 1 N–H and O–H groups in total. The zero-order chi connectivity index (χ0) is 9.97. The van der Waals surface area contributed by atoms with E-state index in [0.29, 0.717) is 0 Å². The second-order valence-electron chi connectivity index (χ2n) is 3.02. The highest BCUT2D eigenvalue weighted by molar-refractivity contribution is 9.10. The van der Waals surface area contributed by atoms with E-state index in [1.165, 1.54) is 10.9 Å². The summed E-state index contributed by atoms with van der Waals surface area (Å²) in [7, 11) is 0. The molecule has 1 nitrogen and oxygen atoms in total. The van der Waals surface area contributed by atoms with Gasteiger partial charge in [0.15, 0.2) is 0 Å². The van der Waals surface area contributed by atoms with Crippen molar-refractivity contribution < 1.29 is 0 Å². The fourth-order valence-corrected chi connectivity index (χ4v) is 1.90. The van der Waals surface area contributed by atoms with Crippen molar-refractivity contribution in [3.63, 3.8) is 0 Å². The van der Waals surface area contributed by atoms with Crippen LogP contribution in [0.5, 0.6) is 0 Å². The number of hydrogen-bond donors (Lipinski definition) is 2. The highest BCUT2D eigenvalue weighted by Crippen LogP contribution is 2.23. The lowest BCUT2D eigenvalue weighted by atomic mass is 10.2. The van der Waals surface area contributed by atoms with Gasteiger partial charge in [-0.25, -0.2) is 0 Å². The number of halogens is 1. The first-order valence-electron chi connectivity index (χ1n) is 4.35. The van der Waals surface area contributed by atoms with Crippen molar-refractivity contribution in [1.29, 1.82) is 0 Å². The van der Waals surface area contributed by atoms with E-state index in [4.69, 9.17) is 0 Å². The number of thiol groups is 1. The van der Waals surface area contributed by atoms with Crippen LogP contribution in [0, 0.1) is 0 Å². The van der Waals surface area contributed by atoms with Gasteiger partial charge in [0.05, 0.1) is 0 Å². The largest absolute Gasteiger partial charge is 0.361 e. The van der Waals surface area contributed by atoms with E-state index >= 15 is 0 Å². The van der Waals surface area contributed by atoms with E-state index < -0.39 is 0 Å². The van der Waals surface area contributed by atoms with Crippen molar-refractivity contribution in [3.8, 4) is 0 Å². The number of rotatable bonds is 2. The van der Waals surface area contributed by atoms with Gasteiger partial charge < -0.3 is 4.98 Å². The second kappa shape index (κ2) is 4.24. The van der Waals surface area contributed by atoms with Crippen LogP contribution in [0.1, 0.15) is 5.56 Å². The predicted molar refractivity (Wildman–Crippen MR) is 68.9 cm³/mol. The van der Waals surface area contributed by atoms with Gasteiger partial charge in [0, 0.05) is 27.3 Å². The van der Waals surface area contributed by atoms with Gasteiger partial charge >= 0.3 is 0 Å². The van der Waals surface area contributed by atoms with Crippen LogP contribution >= 0.6 is 28.6 Å². The molecule has 0 saturated heterocycles. The molecule has 0 spiro atoms. The minimum atomic E-state index is 0.765. The monoisotopic (exact) mass is 267 g/mol. The smallest absolute Gasteiger partial charge is 0.0460 e. The fourth-order valence-electron chi connectivity index (χ4n) is 1.43. The maximum Gasteiger partial charge on any atom is 0.0460 e. The Morgan fingerprint density at radius 1 is 1.43 bits per heavy atom. The molecule has 2 rings (SSSR count). The van der Waals surface area contributed by atoms with Gasteiger partial charge in [-0.15, -0.1) is 0 Å². The van der Waals surface area contributed by atoms with Crippen molar-refractivity contribution in [2.75, 3.05) is 5.75 Å². The summed E-state index contributed by atoms with van der Waals surface area (Å²) in [6.07, 6.45) is 6.13. The summed E-state index contributed by atoms with van der Waals surface area (Å²) in [5.74, 6) is 0.765. The lowest BCUT2D eigenvalue weighted by Gasteiger charge is -1.93. The SMILES string of the molecule is SCC=Cc1c[nH]c2ccc(Br)cc12. The van der Waals surface area contributed by atoms with Crippen molar-refractivity contribution in [3.05, 3.63) is 40.5 Å². The molecule has 1 aromatic carbocycles. The van der Waals surface area contributed by atoms with E-state index in [9.17, 15) is 0 Å². The first-order valence-corrected chi connectivity index (χ1v) is 5.78. The van der Waals surface area contributed by atoms with E-state index in [2.05, 4.69) is 51.8 Å². The molecule has 1 aromatic heterocycles. The average Bonchev–Trinajstić information content (AvgIpc) is 2.57. The summed E-state index contributed by atoms with van der Waals surface area (Å²) in [4.78, 5) is 3.23. The zero-order valence-electron chi connectivity index (χ0n) is 7.50. The summed E-state index contributed by atoms with van der Waals surface area (Å²) in [6, 6.07) is 6.21. The third-order valence-electron chi connectivity index (χ3n) is 2.08. The van der Waals surface area contributed by atoms with Crippen molar-refractivity contribution in [2.45, 2.75) is 0 Å². The number of fused-ring (bicyclic) bond motifs is 1. The maximum atomic E-state index is 4.14. The van der Waals surface area contributed by atoms with E-state index in [1.54, 1.807) is 0 Å². The van der Waals surface area contributed by atoms with Gasteiger partial charge in [-0.05, 0) is 23.8 Å². The molecule has 0 amide bonds. The van der Waals surface area contributed by atoms with Gasteiger partial charge in [0.1, 0.15) is 0 Å². The Labute approximate surface area is 96.8 Å². The summed E-state index contributed by atoms with van der Waals surface area (Å²) in [5.41, 5.74) is 2.36. The minimum absolute atomic E-state index is 0.765. The van der Waals surface area contributed by atoms with Gasteiger partial charge in [-0.1, -0.05) is 28.1 Å². The standard InChI is InChI=1S/C11H10BrNS/c12-9-3-4-11-10(6-9)8(7-13-11)2-1-5-14/h1-4,6-7,13-14H,5H2. The van der Waals surface area contributed by atoms with Crippen molar-refractivity contribution in [1.82, 2.24) is 4.98 Å². The molecule has 1 heterocycles. The molecule has 0 unspecified atom stereocenters. The maximum absolute atomic E-state index is 4.14. The third-order valence-corrected chi connectivity index (χ3v) is 2.78. The molecule has 0 bridgehead atoms. The Kier molecular flexibility index (Phi) is 2.99. The van der Waals surface area contributed by atoms with Crippen LogP contribution < -0.4 is 0 Å². The number of aromatic nitrogens is 1. The molecule has 0 radical (unpaired) electrons. The average molecular weight is 268 g/mol. The van der Waals surface area contributed by atoms with Gasteiger partial charge in [-0.3, -0.25) is 0 Å². The Morgan fingerprint density at radius 3 is 3.07 bits per heavy atom. The lowest BCUT2D eigenvalue weighted by Crippen LogP contribution is -1.70. The van der Waals surface area contributed by atoms with Crippen LogP contribution in [0.4, 0.5) is 0 Å². The van der Waals surface area contributed by atoms with Crippen LogP contribution in [0.15, 0.2) is 34.9 Å². The van der Waals surface area contributed by atoms with E-state index in [1.807, 2.05) is 18.3 Å². The highest BCUT2D eigenvalue weighted by Gasteiger charge is 2.00. The molecular weight excluding hydrogens is 258 g/mol. The Bertz CT molecular complexity index is 473. The van der Waals surface area contributed by atoms with Crippen LogP contribution in [0.3, 0.4) is 0 Å². The molecule has 0 atom stereocenters. The second-order valence-corrected chi connectivity index (χ2v) is 4.30. The van der Waals surface area contributed by atoms with Gasteiger partial charge in [-0.2, -0.15) is 12.6 Å². The Hall–Kier alpha value is -0.670. The molecule has 14 heavy (non-hydrogen) atoms. The zero-order valence-corrected chi connectivity index (χ0v) is 9.98. The summed E-state index contributed by atoms with van der Waals surface area (Å²) >= 11 is 7.61. The van der Waals surface area contributed by atoms with Crippen LogP contribution in [0.25, 0.3) is 17.0 Å². The molecule has 0 aliphatic carbocycles. The van der Waals surface area contributed by atoms with Crippen molar-refractivity contribution in [2.24, 2.45) is 0 Å². The highest BCUT2D eigenvalue weighted by atomic mass is 79.9. The summed E-state index contributed by atoms with van der Waals surface area (Å²) in [6.45, 7) is 0. The molecule has 0 aliphatic rings. The van der Waals surface area contributed by atoms with E-state index in [-0.39, 0.29) is 0 Å². The molecule has 0 saturated carbocycles. The number of hydrogen-bond acceptors (Lipinski definition) is 1. The first-order chi connectivity index (χ1) is 6.81. The molecule has 72 valence electrons. The summed E-state index contributed by atoms with van der Waals surface area (Å²) < 4.78 is 1.10. The normalized spacial score (nSPS) is 11.6. The van der Waals surface area contributed by atoms with Crippen molar-refractivity contribution >= 4 is 45.5 Å². The molecule has 3 heteroatoms. The molecule has 0 aliphatic heterocycles. The third kappa shape index (κ3) is 1.88. The predicted octanol–water partition coefficient (Wildman–Crippen LogP) is 3.87. The van der Waals surface area contributed by atoms with Crippen LogP contribution in [-0.2, 0) is 0 Å². The number of nitrogens with one attached hydrogen (secondary N) is 1. The fraction of sp³-hybridized carbons (Fsp3) is 0.0909. The van der Waals surface area contributed by atoms with Gasteiger partial charge in [0.25, 0.3) is 0 Å². The topological polar surface area (TPSA) is 15.8 Å². The lowest BCUT2D eigenvalue weighted by molar-refractivity contribution is 1.47. The molecular formula is C11H10BrNS. The van der Waals surface area contributed by atoms with Crippen LogP contribution in [-0.4, -0.2) is 10.7 Å². The quantitative estimate of drug-likeness (QED) is 0.769.